The van der Waals surface area contributed by atoms with E-state index in [1.807, 2.05) is 45.0 Å². The molecule has 0 bridgehead atoms. The maximum Gasteiger partial charge on any atom is 0.303 e. The van der Waals surface area contributed by atoms with Gasteiger partial charge in [0, 0.05) is 28.0 Å². The average Bonchev–Trinajstić information content (AvgIpc) is 2.81. The molecule has 0 fully saturated rings. The van der Waals surface area contributed by atoms with Gasteiger partial charge in [0.15, 0.2) is 0 Å². The van der Waals surface area contributed by atoms with Crippen molar-refractivity contribution in [1.82, 2.24) is 0 Å². The Hall–Kier alpha value is -2.51. The number of thiophene rings is 1. The van der Waals surface area contributed by atoms with Crippen LogP contribution in [0.25, 0.3) is 0 Å². The second-order valence-corrected chi connectivity index (χ2v) is 9.85. The van der Waals surface area contributed by atoms with E-state index in [9.17, 15) is 4.79 Å². The van der Waals surface area contributed by atoms with Gasteiger partial charge in [-0.1, -0.05) is 23.7 Å². The molecule has 2 heterocycles. The van der Waals surface area contributed by atoms with Crippen molar-refractivity contribution in [1.29, 1.82) is 10.8 Å². The largest absolute Gasteiger partial charge is 0.460 e. The highest BCUT2D eigenvalue weighted by molar-refractivity contribution is 7.17. The summed E-state index contributed by atoms with van der Waals surface area (Å²) in [6.07, 6.45) is 0. The minimum Gasteiger partial charge on any atom is -0.460 e. The molecule has 3 rings (SSSR count). The number of nitrogens with one attached hydrogen (secondary N) is 2. The van der Waals surface area contributed by atoms with Gasteiger partial charge in [-0.05, 0) is 59.2 Å². The van der Waals surface area contributed by atoms with Gasteiger partial charge in [-0.2, -0.15) is 0 Å². The predicted molar refractivity (Wildman–Crippen MR) is 131 cm³/mol. The van der Waals surface area contributed by atoms with Crippen LogP contribution in [0, 0.1) is 24.7 Å². The van der Waals surface area contributed by atoms with Crippen LogP contribution in [0.1, 0.15) is 56.2 Å². The quantitative estimate of drug-likeness (QED) is 0.310. The Labute approximate surface area is 192 Å². The van der Waals surface area contributed by atoms with Gasteiger partial charge in [0.25, 0.3) is 0 Å². The summed E-state index contributed by atoms with van der Waals surface area (Å²) in [6, 6.07) is 7.61. The summed E-state index contributed by atoms with van der Waals surface area (Å²) < 4.78 is 4.80. The fourth-order valence-electron chi connectivity index (χ4n) is 3.10. The molecule has 0 radical (unpaired) electrons. The van der Waals surface area contributed by atoms with Gasteiger partial charge in [0.05, 0.1) is 12.3 Å². The van der Waals surface area contributed by atoms with Crippen molar-refractivity contribution in [2.45, 2.75) is 54.1 Å². The summed E-state index contributed by atoms with van der Waals surface area (Å²) in [6.45, 7) is 13.0. The van der Waals surface area contributed by atoms with Crippen LogP contribution in [0.3, 0.4) is 0 Å². The first-order valence-electron chi connectivity index (χ1n) is 9.85. The minimum absolute atomic E-state index is 0.225. The lowest BCUT2D eigenvalue weighted by molar-refractivity contribution is -0.151. The first-order valence-corrected chi connectivity index (χ1v) is 11.0. The van der Waals surface area contributed by atoms with E-state index in [0.717, 1.165) is 27.4 Å². The number of carbonyl (C=O) groups is 1. The lowest BCUT2D eigenvalue weighted by Gasteiger charge is -2.21. The molecule has 6 nitrogen and oxygen atoms in total. The third kappa shape index (κ3) is 6.24. The Morgan fingerprint density at radius 1 is 1.19 bits per heavy atom. The van der Waals surface area contributed by atoms with E-state index in [1.54, 1.807) is 23.2 Å². The van der Waals surface area contributed by atoms with Crippen molar-refractivity contribution in [3.8, 4) is 0 Å². The zero-order valence-corrected chi connectivity index (χ0v) is 20.6. The number of fused-ring (bicyclic) bond motifs is 1. The molecular formula is C23H29ClN4O2S. The number of carbonyl (C=O) groups excluding carboxylic acids is 1. The van der Waals surface area contributed by atoms with Gasteiger partial charge in [0.2, 0.25) is 0 Å². The molecule has 0 atom stereocenters. The Morgan fingerprint density at radius 2 is 1.77 bits per heavy atom. The molecule has 2 N–H and O–H groups in total. The second-order valence-electron chi connectivity index (χ2n) is 8.21. The normalized spacial score (nSPS) is 13.5. The molecule has 0 spiro atoms. The molecule has 0 saturated heterocycles. The smallest absolute Gasteiger partial charge is 0.303 e. The zero-order valence-electron chi connectivity index (χ0n) is 19.0. The molecule has 2 aromatic rings. The SMILES string of the molecule is CC(=N)N1C(=N)CN=C(c2ccc(Cl)cc2)c2c1sc(C)c2C.CC(=O)OC(C)(C)C. The van der Waals surface area contributed by atoms with Crippen LogP contribution in [-0.2, 0) is 9.53 Å². The number of benzene rings is 1. The van der Waals surface area contributed by atoms with Crippen molar-refractivity contribution in [2.75, 3.05) is 11.4 Å². The van der Waals surface area contributed by atoms with Gasteiger partial charge in [-0.25, -0.2) is 0 Å². The number of hydrogen-bond acceptors (Lipinski definition) is 6. The number of aryl methyl sites for hydroxylation is 1. The first-order chi connectivity index (χ1) is 14.3. The van der Waals surface area contributed by atoms with Crippen molar-refractivity contribution in [2.24, 2.45) is 4.99 Å². The molecule has 0 aliphatic carbocycles. The zero-order chi connectivity index (χ0) is 23.5. The van der Waals surface area contributed by atoms with Crippen LogP contribution in [0.2, 0.25) is 5.02 Å². The summed E-state index contributed by atoms with van der Waals surface area (Å²) in [5, 5.41) is 17.9. The number of aliphatic imine (C=N–C) groups is 1. The molecule has 0 amide bonds. The van der Waals surface area contributed by atoms with E-state index >= 15 is 0 Å². The Balaban J connectivity index is 0.000000366. The van der Waals surface area contributed by atoms with E-state index in [-0.39, 0.29) is 18.1 Å². The topological polar surface area (TPSA) is 89.6 Å². The molecule has 1 aromatic heterocycles. The maximum absolute atomic E-state index is 10.2. The Kier molecular flexibility index (Phi) is 7.78. The summed E-state index contributed by atoms with van der Waals surface area (Å²) in [5.41, 5.74) is 3.69. The third-order valence-electron chi connectivity index (χ3n) is 4.37. The van der Waals surface area contributed by atoms with Crippen LogP contribution >= 0.6 is 22.9 Å². The average molecular weight is 461 g/mol. The minimum atomic E-state index is -0.328. The van der Waals surface area contributed by atoms with Crippen molar-refractivity contribution in [3.63, 3.8) is 0 Å². The summed E-state index contributed by atoms with van der Waals surface area (Å²) >= 11 is 7.61. The highest BCUT2D eigenvalue weighted by Gasteiger charge is 2.28. The number of anilines is 1. The fourth-order valence-corrected chi connectivity index (χ4v) is 4.46. The number of rotatable bonds is 1. The van der Waals surface area contributed by atoms with Gasteiger partial charge in [0.1, 0.15) is 22.3 Å². The van der Waals surface area contributed by atoms with E-state index in [4.69, 9.17) is 27.2 Å². The predicted octanol–water partition coefficient (Wildman–Crippen LogP) is 6.00. The van der Waals surface area contributed by atoms with E-state index in [1.165, 1.54) is 11.8 Å². The summed E-state index contributed by atoms with van der Waals surface area (Å²) in [7, 11) is 0. The number of hydrogen-bond donors (Lipinski definition) is 2. The van der Waals surface area contributed by atoms with Gasteiger partial charge in [-0.15, -0.1) is 11.3 Å². The molecule has 0 saturated carbocycles. The number of halogens is 1. The van der Waals surface area contributed by atoms with Crippen LogP contribution in [0.5, 0.6) is 0 Å². The van der Waals surface area contributed by atoms with Crippen LogP contribution in [-0.4, -0.2) is 35.5 Å². The maximum atomic E-state index is 10.2. The van der Waals surface area contributed by atoms with Gasteiger partial charge < -0.3 is 4.74 Å². The number of ether oxygens (including phenoxy) is 1. The third-order valence-corrected chi connectivity index (χ3v) is 5.81. The number of nitrogens with zero attached hydrogens (tertiary/aromatic N) is 2. The van der Waals surface area contributed by atoms with Crippen molar-refractivity contribution >= 4 is 51.3 Å². The highest BCUT2D eigenvalue weighted by Crippen LogP contribution is 2.39. The van der Waals surface area contributed by atoms with Crippen LogP contribution < -0.4 is 4.90 Å². The molecule has 31 heavy (non-hydrogen) atoms. The molecule has 1 aliphatic rings. The molecule has 1 aliphatic heterocycles. The van der Waals surface area contributed by atoms with E-state index < -0.39 is 0 Å². The first kappa shape index (κ1) is 24.8. The number of esters is 1. The molecular weight excluding hydrogens is 432 g/mol. The highest BCUT2D eigenvalue weighted by atomic mass is 35.5. The van der Waals surface area contributed by atoms with E-state index in [2.05, 4.69) is 18.8 Å². The van der Waals surface area contributed by atoms with Crippen LogP contribution in [0.15, 0.2) is 29.3 Å². The molecule has 1 aromatic carbocycles. The standard InChI is InChI=1S/C17H17ClN4S.C6H12O2/c1-9-10(2)23-17-15(9)16(12-4-6-13(18)7-5-12)21-8-14(20)22(17)11(3)19;1-5(7)8-6(2,3)4/h4-7,19-20H,8H2,1-3H3;1-4H3. The second kappa shape index (κ2) is 9.75. The lowest BCUT2D eigenvalue weighted by atomic mass is 10.00. The Morgan fingerprint density at radius 3 is 2.23 bits per heavy atom. The van der Waals surface area contributed by atoms with Crippen molar-refractivity contribution in [3.05, 3.63) is 50.9 Å². The molecule has 8 heteroatoms. The number of amidine groups is 2. The Bertz CT molecular complexity index is 1030. The lowest BCUT2D eigenvalue weighted by Crippen LogP contribution is -2.35. The molecule has 166 valence electrons. The van der Waals surface area contributed by atoms with E-state index in [0.29, 0.717) is 16.7 Å². The monoisotopic (exact) mass is 460 g/mol. The van der Waals surface area contributed by atoms with Gasteiger partial charge in [-0.3, -0.25) is 25.5 Å². The summed E-state index contributed by atoms with van der Waals surface area (Å²) in [4.78, 5) is 17.8. The molecule has 0 unspecified atom stereocenters. The van der Waals surface area contributed by atoms with Crippen molar-refractivity contribution < 1.29 is 9.53 Å². The summed E-state index contributed by atoms with van der Waals surface area (Å²) in [5.74, 6) is 0.437. The van der Waals surface area contributed by atoms with Crippen LogP contribution in [0.4, 0.5) is 5.00 Å². The van der Waals surface area contributed by atoms with Gasteiger partial charge >= 0.3 is 5.97 Å². The fraction of sp³-hybridized carbons (Fsp3) is 0.391.